The van der Waals surface area contributed by atoms with E-state index in [0.29, 0.717) is 43.5 Å². The Kier molecular flexibility index (Phi) is 6.88. The number of furan rings is 1. The largest absolute Gasteiger partial charge is 0.459 e. The Bertz CT molecular complexity index is 1160. The number of para-hydroxylation sites is 1. The molecule has 1 amide bonds. The Hall–Kier alpha value is -3.22. The molecule has 0 unspecified atom stereocenters. The molecule has 0 spiro atoms. The molecule has 34 heavy (non-hydrogen) atoms. The van der Waals surface area contributed by atoms with Gasteiger partial charge in [0.1, 0.15) is 6.07 Å². The first-order valence-corrected chi connectivity index (χ1v) is 12.8. The minimum absolute atomic E-state index is 0.0515. The van der Waals surface area contributed by atoms with Crippen LogP contribution in [0.15, 0.2) is 51.5 Å². The van der Waals surface area contributed by atoms with Gasteiger partial charge in [0.05, 0.1) is 6.26 Å². The predicted molar refractivity (Wildman–Crippen MR) is 132 cm³/mol. The van der Waals surface area contributed by atoms with Crippen LogP contribution >= 0.6 is 11.8 Å². The van der Waals surface area contributed by atoms with Crippen molar-refractivity contribution < 1.29 is 13.6 Å². The van der Waals surface area contributed by atoms with Crippen molar-refractivity contribution in [2.24, 2.45) is 5.92 Å². The number of oxazole rings is 1. The van der Waals surface area contributed by atoms with Gasteiger partial charge in [0.25, 0.3) is 5.89 Å². The summed E-state index contributed by atoms with van der Waals surface area (Å²) in [4.78, 5) is 21.8. The average molecular weight is 478 g/mol. The third-order valence-electron chi connectivity index (χ3n) is 6.37. The van der Waals surface area contributed by atoms with Crippen LogP contribution in [0.5, 0.6) is 0 Å². The van der Waals surface area contributed by atoms with Crippen molar-refractivity contribution in [2.45, 2.75) is 19.4 Å². The molecule has 176 valence electrons. The molecule has 9 heteroatoms. The van der Waals surface area contributed by atoms with Gasteiger partial charge in [0, 0.05) is 55.8 Å². The van der Waals surface area contributed by atoms with Gasteiger partial charge < -0.3 is 19.1 Å². The molecule has 5 rings (SSSR count). The summed E-state index contributed by atoms with van der Waals surface area (Å²) >= 11 is 2.00. The molecule has 3 aromatic rings. The van der Waals surface area contributed by atoms with E-state index in [0.717, 1.165) is 42.4 Å². The highest BCUT2D eigenvalue weighted by atomic mass is 32.2. The molecule has 4 heterocycles. The Balaban J connectivity index is 1.21. The number of hydrogen-bond donors (Lipinski definition) is 1. The maximum atomic E-state index is 13.1. The van der Waals surface area contributed by atoms with Crippen LogP contribution in [0.3, 0.4) is 0 Å². The molecule has 8 nitrogen and oxygen atoms in total. The molecule has 2 saturated heterocycles. The molecule has 0 bridgehead atoms. The highest BCUT2D eigenvalue weighted by Crippen LogP contribution is 2.32. The van der Waals surface area contributed by atoms with Crippen molar-refractivity contribution in [1.29, 1.82) is 5.26 Å². The number of benzene rings is 1. The smallest absolute Gasteiger partial charge is 0.266 e. The first kappa shape index (κ1) is 22.6. The number of amides is 1. The summed E-state index contributed by atoms with van der Waals surface area (Å²) in [6.45, 7) is 4.26. The van der Waals surface area contributed by atoms with Crippen LogP contribution in [0.25, 0.3) is 11.7 Å². The second-order valence-electron chi connectivity index (χ2n) is 8.56. The normalized spacial score (nSPS) is 17.4. The highest BCUT2D eigenvalue weighted by Gasteiger charge is 2.29. The maximum Gasteiger partial charge on any atom is 0.266 e. The van der Waals surface area contributed by atoms with Crippen molar-refractivity contribution in [1.82, 2.24) is 9.88 Å². The number of rotatable bonds is 6. The minimum atomic E-state index is -0.0892. The number of carbonyl (C=O) groups is 1. The Labute approximate surface area is 202 Å². The fourth-order valence-corrected chi connectivity index (χ4v) is 5.44. The molecule has 2 fully saturated rings. The SMILES string of the molecule is N#Cc1nc(-c2ccco2)oc1N1CCC(C(=O)Nc2ccccc2CN2CCSCC2)CC1. The van der Waals surface area contributed by atoms with Gasteiger partial charge in [-0.2, -0.15) is 22.0 Å². The molecule has 1 aromatic carbocycles. The quantitative estimate of drug-likeness (QED) is 0.564. The van der Waals surface area contributed by atoms with Crippen molar-refractivity contribution in [2.75, 3.05) is 47.9 Å². The number of aromatic nitrogens is 1. The van der Waals surface area contributed by atoms with Crippen molar-refractivity contribution >= 4 is 29.2 Å². The third kappa shape index (κ3) is 4.98. The van der Waals surface area contributed by atoms with Crippen LogP contribution in [-0.4, -0.2) is 53.5 Å². The van der Waals surface area contributed by atoms with E-state index in [1.54, 1.807) is 18.4 Å². The van der Waals surface area contributed by atoms with E-state index in [-0.39, 0.29) is 17.5 Å². The van der Waals surface area contributed by atoms with Crippen molar-refractivity contribution in [3.8, 4) is 17.7 Å². The topological polar surface area (TPSA) is 98.5 Å². The average Bonchev–Trinajstić information content (AvgIpc) is 3.56. The second kappa shape index (κ2) is 10.4. The maximum absolute atomic E-state index is 13.1. The zero-order valence-corrected chi connectivity index (χ0v) is 19.7. The summed E-state index contributed by atoms with van der Waals surface area (Å²) in [5.74, 6) is 3.50. The zero-order chi connectivity index (χ0) is 23.3. The van der Waals surface area contributed by atoms with Crippen LogP contribution in [0.1, 0.15) is 24.1 Å². The van der Waals surface area contributed by atoms with E-state index < -0.39 is 0 Å². The molecule has 1 N–H and O–H groups in total. The van der Waals surface area contributed by atoms with Gasteiger partial charge in [-0.1, -0.05) is 18.2 Å². The predicted octanol–water partition coefficient (Wildman–Crippen LogP) is 4.21. The molecule has 2 aromatic heterocycles. The third-order valence-corrected chi connectivity index (χ3v) is 7.32. The molecule has 0 saturated carbocycles. The van der Waals surface area contributed by atoms with E-state index >= 15 is 0 Å². The van der Waals surface area contributed by atoms with Gasteiger partial charge in [-0.25, -0.2) is 0 Å². The monoisotopic (exact) mass is 477 g/mol. The lowest BCUT2D eigenvalue weighted by Gasteiger charge is -2.31. The van der Waals surface area contributed by atoms with Crippen molar-refractivity contribution in [3.05, 3.63) is 53.9 Å². The number of piperidine rings is 1. The lowest BCUT2D eigenvalue weighted by atomic mass is 9.95. The standard InChI is InChI=1S/C25H27N5O3S/c26-16-21-25(33-24(28-21)22-6-3-13-32-22)30-9-7-18(8-10-30)23(31)27-20-5-2-1-4-19(20)17-29-11-14-34-15-12-29/h1-6,13,18H,7-12,14-15,17H2,(H,27,31). The van der Waals surface area contributed by atoms with Crippen molar-refractivity contribution in [3.63, 3.8) is 0 Å². The van der Waals surface area contributed by atoms with Crippen LogP contribution < -0.4 is 10.2 Å². The highest BCUT2D eigenvalue weighted by molar-refractivity contribution is 7.99. The van der Waals surface area contributed by atoms with Crippen LogP contribution in [0, 0.1) is 17.2 Å². The summed E-state index contributed by atoms with van der Waals surface area (Å²) in [5.41, 5.74) is 2.29. The van der Waals surface area contributed by atoms with Gasteiger partial charge in [0.2, 0.25) is 17.5 Å². The van der Waals surface area contributed by atoms with E-state index in [4.69, 9.17) is 8.83 Å². The number of nitrogens with one attached hydrogen (secondary N) is 1. The number of hydrogen-bond acceptors (Lipinski definition) is 8. The van der Waals surface area contributed by atoms with E-state index in [1.807, 2.05) is 34.9 Å². The summed E-state index contributed by atoms with van der Waals surface area (Å²) in [7, 11) is 0. The Morgan fingerprint density at radius 2 is 1.94 bits per heavy atom. The minimum Gasteiger partial charge on any atom is -0.459 e. The summed E-state index contributed by atoms with van der Waals surface area (Å²) < 4.78 is 11.2. The zero-order valence-electron chi connectivity index (χ0n) is 18.9. The summed E-state index contributed by atoms with van der Waals surface area (Å²) in [6.07, 6.45) is 2.90. The molecular formula is C25H27N5O3S. The molecule has 2 aliphatic heterocycles. The van der Waals surface area contributed by atoms with E-state index in [9.17, 15) is 10.1 Å². The van der Waals surface area contributed by atoms with Gasteiger partial charge in [-0.05, 0) is 36.6 Å². The number of nitrogens with zero attached hydrogens (tertiary/aromatic N) is 4. The fourth-order valence-electron chi connectivity index (χ4n) is 4.46. The van der Waals surface area contributed by atoms with Gasteiger partial charge in [0.15, 0.2) is 5.76 Å². The number of thioether (sulfide) groups is 1. The first-order valence-electron chi connectivity index (χ1n) is 11.6. The van der Waals surface area contributed by atoms with E-state index in [1.165, 1.54) is 0 Å². The van der Waals surface area contributed by atoms with Gasteiger partial charge in [-0.15, -0.1) is 0 Å². The van der Waals surface area contributed by atoms with Crippen LogP contribution in [0.4, 0.5) is 11.6 Å². The summed E-state index contributed by atoms with van der Waals surface area (Å²) in [5, 5.41) is 12.7. The second-order valence-corrected chi connectivity index (χ2v) is 9.78. The molecule has 0 atom stereocenters. The summed E-state index contributed by atoms with van der Waals surface area (Å²) in [6, 6.07) is 13.7. The molecular weight excluding hydrogens is 450 g/mol. The lowest BCUT2D eigenvalue weighted by molar-refractivity contribution is -0.120. The number of anilines is 2. The number of carbonyl (C=O) groups excluding carboxylic acids is 1. The van der Waals surface area contributed by atoms with Crippen LogP contribution in [0.2, 0.25) is 0 Å². The van der Waals surface area contributed by atoms with E-state index in [2.05, 4.69) is 27.3 Å². The fraction of sp³-hybridized carbons (Fsp3) is 0.400. The van der Waals surface area contributed by atoms with Gasteiger partial charge in [-0.3, -0.25) is 9.69 Å². The Morgan fingerprint density at radius 1 is 1.15 bits per heavy atom. The number of nitriles is 1. The van der Waals surface area contributed by atoms with Gasteiger partial charge >= 0.3 is 0 Å². The molecule has 0 radical (unpaired) electrons. The molecule has 2 aliphatic rings. The first-order chi connectivity index (χ1) is 16.7. The van der Waals surface area contributed by atoms with Crippen LogP contribution in [-0.2, 0) is 11.3 Å². The molecule has 0 aliphatic carbocycles. The lowest BCUT2D eigenvalue weighted by Crippen LogP contribution is -2.38. The Morgan fingerprint density at radius 3 is 2.68 bits per heavy atom.